The van der Waals surface area contributed by atoms with E-state index in [0.717, 1.165) is 29.8 Å². The number of rotatable bonds is 5. The van der Waals surface area contributed by atoms with Crippen LogP contribution in [0.3, 0.4) is 0 Å². The van der Waals surface area contributed by atoms with Gasteiger partial charge in [0.25, 0.3) is 0 Å². The number of carbonyl (C=O) groups is 1. The predicted octanol–water partition coefficient (Wildman–Crippen LogP) is 2.94. The summed E-state index contributed by atoms with van der Waals surface area (Å²) in [6.45, 7) is 1.35. The van der Waals surface area contributed by atoms with Gasteiger partial charge in [0.05, 0.1) is 24.0 Å². The number of ether oxygens (including phenoxy) is 1. The molecule has 1 saturated heterocycles. The number of nitrogens with one attached hydrogen (secondary N) is 1. The van der Waals surface area contributed by atoms with Crippen LogP contribution in [0.2, 0.25) is 0 Å². The van der Waals surface area contributed by atoms with Crippen molar-refractivity contribution >= 4 is 15.9 Å². The monoisotopic (exact) mass is 472 g/mol. The van der Waals surface area contributed by atoms with Crippen molar-refractivity contribution in [1.29, 1.82) is 0 Å². The van der Waals surface area contributed by atoms with E-state index < -0.39 is 33.6 Å². The summed E-state index contributed by atoms with van der Waals surface area (Å²) in [5.74, 6) is -1.03. The quantitative estimate of drug-likeness (QED) is 0.680. The summed E-state index contributed by atoms with van der Waals surface area (Å²) in [7, 11) is -4.57. The number of hydrogen-bond acceptors (Lipinski definition) is 4. The zero-order chi connectivity index (χ0) is 23.1. The molecule has 2 heterocycles. The van der Waals surface area contributed by atoms with Gasteiger partial charge in [-0.1, -0.05) is 18.2 Å². The van der Waals surface area contributed by atoms with Crippen LogP contribution in [0.1, 0.15) is 22.7 Å². The van der Waals surface area contributed by atoms with Crippen molar-refractivity contribution in [2.24, 2.45) is 5.92 Å². The van der Waals surface area contributed by atoms with Crippen molar-refractivity contribution in [1.82, 2.24) is 9.62 Å². The molecular formula is C21H20F4N2O4S. The number of fused-ring (bicyclic) bond motifs is 1. The second-order valence-electron chi connectivity index (χ2n) is 7.82. The number of benzene rings is 2. The van der Waals surface area contributed by atoms with Gasteiger partial charge in [-0.2, -0.15) is 17.9 Å². The highest BCUT2D eigenvalue weighted by Crippen LogP contribution is 2.34. The first-order valence-electron chi connectivity index (χ1n) is 9.87. The van der Waals surface area contributed by atoms with E-state index in [1.54, 1.807) is 15.7 Å². The summed E-state index contributed by atoms with van der Waals surface area (Å²) in [6.07, 6.45) is -4.42. The van der Waals surface area contributed by atoms with Crippen LogP contribution in [0.5, 0.6) is 0 Å². The van der Waals surface area contributed by atoms with Crippen molar-refractivity contribution in [3.8, 4) is 0 Å². The molecule has 0 aromatic heterocycles. The van der Waals surface area contributed by atoms with Gasteiger partial charge in [0.2, 0.25) is 15.9 Å². The molecule has 1 amide bonds. The Morgan fingerprint density at radius 2 is 1.78 bits per heavy atom. The number of sulfonamides is 1. The first kappa shape index (κ1) is 22.7. The molecule has 1 fully saturated rings. The number of carbonyl (C=O) groups excluding carboxylic acids is 1. The summed E-state index contributed by atoms with van der Waals surface area (Å²) in [4.78, 5) is 13.7. The zero-order valence-corrected chi connectivity index (χ0v) is 17.5. The Morgan fingerprint density at radius 3 is 2.38 bits per heavy atom. The van der Waals surface area contributed by atoms with E-state index in [0.29, 0.717) is 31.7 Å². The fraction of sp³-hybridized carbons (Fsp3) is 0.381. The van der Waals surface area contributed by atoms with Gasteiger partial charge in [0.1, 0.15) is 11.9 Å². The molecule has 32 heavy (non-hydrogen) atoms. The van der Waals surface area contributed by atoms with Crippen LogP contribution >= 0.6 is 0 Å². The fourth-order valence-corrected chi connectivity index (χ4v) is 4.99. The Bertz CT molecular complexity index is 1120. The SMILES string of the molecule is O=C(C1COC1)N1CCc2ccc(S(=O)(=O)NC(c3ccc(F)cc3)C(F)(F)F)cc2C1. The van der Waals surface area contributed by atoms with Gasteiger partial charge < -0.3 is 9.64 Å². The number of amides is 1. The van der Waals surface area contributed by atoms with Crippen LogP contribution in [0.15, 0.2) is 47.4 Å². The van der Waals surface area contributed by atoms with E-state index in [4.69, 9.17) is 4.74 Å². The third kappa shape index (κ3) is 4.64. The molecular weight excluding hydrogens is 452 g/mol. The number of nitrogens with zero attached hydrogens (tertiary/aromatic N) is 1. The molecule has 2 aliphatic rings. The highest BCUT2D eigenvalue weighted by Gasteiger charge is 2.43. The Balaban J connectivity index is 1.58. The summed E-state index contributed by atoms with van der Waals surface area (Å²) >= 11 is 0. The largest absolute Gasteiger partial charge is 0.408 e. The lowest BCUT2D eigenvalue weighted by Crippen LogP contribution is -2.46. The molecule has 1 atom stereocenters. The molecule has 0 saturated carbocycles. The molecule has 0 aliphatic carbocycles. The van der Waals surface area contributed by atoms with E-state index in [1.807, 2.05) is 0 Å². The lowest BCUT2D eigenvalue weighted by Gasteiger charge is -2.35. The van der Waals surface area contributed by atoms with E-state index >= 15 is 0 Å². The summed E-state index contributed by atoms with van der Waals surface area (Å²) in [5.41, 5.74) is 0.974. The topological polar surface area (TPSA) is 75.7 Å². The van der Waals surface area contributed by atoms with E-state index in [2.05, 4.69) is 0 Å². The Kier molecular flexibility index (Phi) is 5.99. The zero-order valence-electron chi connectivity index (χ0n) is 16.7. The molecule has 1 unspecified atom stereocenters. The van der Waals surface area contributed by atoms with Crippen LogP contribution in [0.25, 0.3) is 0 Å². The van der Waals surface area contributed by atoms with Gasteiger partial charge in [0, 0.05) is 13.1 Å². The highest BCUT2D eigenvalue weighted by molar-refractivity contribution is 7.89. The van der Waals surface area contributed by atoms with Crippen LogP contribution in [-0.2, 0) is 32.5 Å². The van der Waals surface area contributed by atoms with E-state index in [9.17, 15) is 30.8 Å². The minimum atomic E-state index is -4.94. The highest BCUT2D eigenvalue weighted by atomic mass is 32.2. The molecule has 1 N–H and O–H groups in total. The van der Waals surface area contributed by atoms with Gasteiger partial charge in [-0.05, 0) is 47.4 Å². The van der Waals surface area contributed by atoms with Gasteiger partial charge in [-0.3, -0.25) is 4.79 Å². The minimum Gasteiger partial charge on any atom is -0.380 e. The molecule has 0 bridgehead atoms. The Morgan fingerprint density at radius 1 is 1.09 bits per heavy atom. The van der Waals surface area contributed by atoms with Crippen LogP contribution in [-0.4, -0.2) is 45.2 Å². The molecule has 172 valence electrons. The van der Waals surface area contributed by atoms with Crippen molar-refractivity contribution in [2.45, 2.75) is 30.1 Å². The lowest BCUT2D eigenvalue weighted by atomic mass is 9.98. The number of alkyl halides is 3. The van der Waals surface area contributed by atoms with Gasteiger partial charge in [-0.25, -0.2) is 12.8 Å². The second-order valence-corrected chi connectivity index (χ2v) is 9.54. The molecule has 2 aromatic carbocycles. The van der Waals surface area contributed by atoms with Gasteiger partial charge >= 0.3 is 6.18 Å². The maximum atomic E-state index is 13.6. The van der Waals surface area contributed by atoms with Crippen LogP contribution in [0, 0.1) is 11.7 Å². The minimum absolute atomic E-state index is 0.0817. The third-order valence-electron chi connectivity index (χ3n) is 5.60. The molecule has 11 heteroatoms. The summed E-state index contributed by atoms with van der Waals surface area (Å²) < 4.78 is 86.3. The van der Waals surface area contributed by atoms with Crippen molar-refractivity contribution in [2.75, 3.05) is 19.8 Å². The predicted molar refractivity (Wildman–Crippen MR) is 105 cm³/mol. The normalized spacial score (nSPS) is 18.1. The smallest absolute Gasteiger partial charge is 0.380 e. The molecule has 4 rings (SSSR count). The molecule has 2 aromatic rings. The Labute approximate surface area is 182 Å². The van der Waals surface area contributed by atoms with Crippen molar-refractivity contribution in [3.63, 3.8) is 0 Å². The van der Waals surface area contributed by atoms with Crippen LogP contribution < -0.4 is 4.72 Å². The first-order valence-corrected chi connectivity index (χ1v) is 11.4. The summed E-state index contributed by atoms with van der Waals surface area (Å²) in [6, 6.07) is 5.00. The standard InChI is InChI=1S/C21H20F4N2O4S/c22-17-4-1-14(2-5-17)19(21(23,24)25)26-32(29,30)18-6-3-13-7-8-27(10-15(13)9-18)20(28)16-11-31-12-16/h1-6,9,16,19,26H,7-8,10-12H2. The molecule has 6 nitrogen and oxygen atoms in total. The summed E-state index contributed by atoms with van der Waals surface area (Å²) in [5, 5.41) is 0. The van der Waals surface area contributed by atoms with Crippen LogP contribution in [0.4, 0.5) is 17.6 Å². The second kappa shape index (κ2) is 8.45. The molecule has 0 spiro atoms. The average Bonchev–Trinajstić information content (AvgIpc) is 2.70. The number of halogens is 4. The fourth-order valence-electron chi connectivity index (χ4n) is 3.73. The molecule has 0 radical (unpaired) electrons. The Hall–Kier alpha value is -2.50. The van der Waals surface area contributed by atoms with Gasteiger partial charge in [-0.15, -0.1) is 0 Å². The van der Waals surface area contributed by atoms with Gasteiger partial charge in [0.15, 0.2) is 0 Å². The first-order chi connectivity index (χ1) is 15.0. The maximum Gasteiger partial charge on any atom is 0.408 e. The van der Waals surface area contributed by atoms with Crippen molar-refractivity contribution < 1.29 is 35.5 Å². The van der Waals surface area contributed by atoms with E-state index in [1.165, 1.54) is 12.1 Å². The maximum absolute atomic E-state index is 13.6. The number of hydrogen-bond donors (Lipinski definition) is 1. The molecule has 2 aliphatic heterocycles. The lowest BCUT2D eigenvalue weighted by molar-refractivity contribution is -0.153. The average molecular weight is 472 g/mol. The van der Waals surface area contributed by atoms with E-state index in [-0.39, 0.29) is 23.3 Å². The van der Waals surface area contributed by atoms with Crippen molar-refractivity contribution in [3.05, 3.63) is 65.0 Å². The third-order valence-corrected chi connectivity index (χ3v) is 7.02.